The molecule has 2 atom stereocenters. The predicted molar refractivity (Wildman–Crippen MR) is 79.5 cm³/mol. The van der Waals surface area contributed by atoms with Crippen molar-refractivity contribution in [2.24, 2.45) is 0 Å². The van der Waals surface area contributed by atoms with Gasteiger partial charge in [0.25, 0.3) is 0 Å². The zero-order chi connectivity index (χ0) is 15.0. The van der Waals surface area contributed by atoms with E-state index in [0.29, 0.717) is 17.9 Å². The molecular formula is C15H17ClN2O3. The standard InChI is InChI=1S/C15H17ClN2O3/c1-2-7-18-11-4-3-9(16)8-10(11)17-14(18)12-5-6-13(21-12)15(19)20/h3-4,8,12-13H,2,5-7H2,1H3,(H,19,20). The molecule has 2 unspecified atom stereocenters. The maximum Gasteiger partial charge on any atom is 0.332 e. The first-order chi connectivity index (χ1) is 10.1. The van der Waals surface area contributed by atoms with Crippen molar-refractivity contribution in [2.75, 3.05) is 0 Å². The van der Waals surface area contributed by atoms with Crippen LogP contribution in [-0.4, -0.2) is 26.7 Å². The van der Waals surface area contributed by atoms with Crippen molar-refractivity contribution >= 4 is 28.6 Å². The summed E-state index contributed by atoms with van der Waals surface area (Å²) in [5.74, 6) is -0.100. The second-order valence-electron chi connectivity index (χ2n) is 5.28. The molecule has 112 valence electrons. The number of rotatable bonds is 4. The Hall–Kier alpha value is -1.59. The maximum atomic E-state index is 11.0. The molecule has 0 aliphatic carbocycles. The van der Waals surface area contributed by atoms with Gasteiger partial charge in [-0.15, -0.1) is 0 Å². The lowest BCUT2D eigenvalue weighted by Gasteiger charge is -2.13. The van der Waals surface area contributed by atoms with Crippen molar-refractivity contribution in [3.05, 3.63) is 29.0 Å². The summed E-state index contributed by atoms with van der Waals surface area (Å²) in [7, 11) is 0. The first-order valence-electron chi connectivity index (χ1n) is 7.14. The Morgan fingerprint density at radius 3 is 3.00 bits per heavy atom. The van der Waals surface area contributed by atoms with Gasteiger partial charge in [-0.05, 0) is 37.5 Å². The summed E-state index contributed by atoms with van der Waals surface area (Å²) in [6, 6.07) is 5.63. The molecule has 5 nitrogen and oxygen atoms in total. The van der Waals surface area contributed by atoms with Crippen LogP contribution < -0.4 is 0 Å². The van der Waals surface area contributed by atoms with E-state index in [1.165, 1.54) is 0 Å². The van der Waals surface area contributed by atoms with Crippen LogP contribution in [0.2, 0.25) is 5.02 Å². The molecule has 0 saturated carbocycles. The van der Waals surface area contributed by atoms with E-state index in [2.05, 4.69) is 16.5 Å². The predicted octanol–water partition coefficient (Wildman–Crippen LogP) is 3.40. The fourth-order valence-electron chi connectivity index (χ4n) is 2.83. The molecule has 1 aliphatic rings. The summed E-state index contributed by atoms with van der Waals surface area (Å²) in [6.07, 6.45) is 1.18. The van der Waals surface area contributed by atoms with Gasteiger partial charge in [0, 0.05) is 11.6 Å². The quantitative estimate of drug-likeness (QED) is 0.940. The van der Waals surface area contributed by atoms with Crippen LogP contribution in [0, 0.1) is 0 Å². The highest BCUT2D eigenvalue weighted by molar-refractivity contribution is 6.31. The SMILES string of the molecule is CCCn1c(C2CCC(C(=O)O)O2)nc2cc(Cl)ccc21. The minimum absolute atomic E-state index is 0.260. The average molecular weight is 309 g/mol. The summed E-state index contributed by atoms with van der Waals surface area (Å²) in [6.45, 7) is 2.92. The van der Waals surface area contributed by atoms with E-state index >= 15 is 0 Å². The van der Waals surface area contributed by atoms with Crippen molar-refractivity contribution in [3.8, 4) is 0 Å². The van der Waals surface area contributed by atoms with Gasteiger partial charge >= 0.3 is 5.97 Å². The lowest BCUT2D eigenvalue weighted by Crippen LogP contribution is -2.19. The van der Waals surface area contributed by atoms with Crippen LogP contribution in [0.25, 0.3) is 11.0 Å². The summed E-state index contributed by atoms with van der Waals surface area (Å²) in [4.78, 5) is 15.7. The second-order valence-corrected chi connectivity index (χ2v) is 5.72. The number of aromatic nitrogens is 2. The largest absolute Gasteiger partial charge is 0.479 e. The zero-order valence-electron chi connectivity index (χ0n) is 11.8. The number of aryl methyl sites for hydroxylation is 1. The lowest BCUT2D eigenvalue weighted by molar-refractivity contribution is -0.149. The third-order valence-corrected chi connectivity index (χ3v) is 4.01. The van der Waals surface area contributed by atoms with E-state index in [4.69, 9.17) is 21.4 Å². The second kappa shape index (κ2) is 5.66. The average Bonchev–Trinajstić information content (AvgIpc) is 3.04. The van der Waals surface area contributed by atoms with Gasteiger partial charge in [0.15, 0.2) is 6.10 Å². The molecule has 0 bridgehead atoms. The molecule has 2 heterocycles. The van der Waals surface area contributed by atoms with Crippen LogP contribution >= 0.6 is 11.6 Å². The number of carbonyl (C=O) groups is 1. The number of aliphatic carboxylic acids is 1. The number of ether oxygens (including phenoxy) is 1. The molecule has 1 fully saturated rings. The van der Waals surface area contributed by atoms with Gasteiger partial charge < -0.3 is 14.4 Å². The molecule has 1 saturated heterocycles. The van der Waals surface area contributed by atoms with Gasteiger partial charge in [-0.2, -0.15) is 0 Å². The normalized spacial score (nSPS) is 22.0. The third kappa shape index (κ3) is 2.63. The summed E-state index contributed by atoms with van der Waals surface area (Å²) in [5, 5.41) is 9.70. The molecule has 1 aromatic carbocycles. The van der Waals surface area contributed by atoms with Gasteiger partial charge in [0.2, 0.25) is 0 Å². The number of nitrogens with zero attached hydrogens (tertiary/aromatic N) is 2. The minimum Gasteiger partial charge on any atom is -0.479 e. The topological polar surface area (TPSA) is 64.4 Å². The molecule has 1 aromatic heterocycles. The van der Waals surface area contributed by atoms with Crippen LogP contribution in [0.3, 0.4) is 0 Å². The van der Waals surface area contributed by atoms with Gasteiger partial charge in [-0.3, -0.25) is 0 Å². The number of imidazole rings is 1. The Morgan fingerprint density at radius 1 is 1.52 bits per heavy atom. The van der Waals surface area contributed by atoms with Crippen LogP contribution in [0.5, 0.6) is 0 Å². The number of fused-ring (bicyclic) bond motifs is 1. The minimum atomic E-state index is -0.904. The Labute approximate surface area is 127 Å². The molecule has 0 radical (unpaired) electrons. The summed E-state index contributed by atoms with van der Waals surface area (Å²) >= 11 is 6.02. The smallest absolute Gasteiger partial charge is 0.332 e. The number of hydrogen-bond acceptors (Lipinski definition) is 3. The van der Waals surface area contributed by atoms with Gasteiger partial charge in [0.05, 0.1) is 11.0 Å². The van der Waals surface area contributed by atoms with E-state index < -0.39 is 12.1 Å². The van der Waals surface area contributed by atoms with Crippen molar-refractivity contribution in [3.63, 3.8) is 0 Å². The highest BCUT2D eigenvalue weighted by Crippen LogP contribution is 2.34. The fraction of sp³-hybridized carbons (Fsp3) is 0.467. The molecule has 0 spiro atoms. The Morgan fingerprint density at radius 2 is 2.33 bits per heavy atom. The highest BCUT2D eigenvalue weighted by Gasteiger charge is 2.34. The van der Waals surface area contributed by atoms with Crippen LogP contribution in [-0.2, 0) is 16.1 Å². The summed E-state index contributed by atoms with van der Waals surface area (Å²) < 4.78 is 7.75. The van der Waals surface area contributed by atoms with Crippen LogP contribution in [0.15, 0.2) is 18.2 Å². The molecule has 21 heavy (non-hydrogen) atoms. The Kier molecular flexibility index (Phi) is 3.87. The highest BCUT2D eigenvalue weighted by atomic mass is 35.5. The molecule has 0 amide bonds. The van der Waals surface area contributed by atoms with Gasteiger partial charge in [-0.25, -0.2) is 9.78 Å². The van der Waals surface area contributed by atoms with Gasteiger partial charge in [-0.1, -0.05) is 18.5 Å². The first-order valence-corrected chi connectivity index (χ1v) is 7.52. The lowest BCUT2D eigenvalue weighted by atomic mass is 10.2. The number of carboxylic acids is 1. The van der Waals surface area contributed by atoms with Crippen molar-refractivity contribution < 1.29 is 14.6 Å². The molecule has 2 aromatic rings. The van der Waals surface area contributed by atoms with Crippen LogP contribution in [0.4, 0.5) is 0 Å². The Bertz CT molecular complexity index is 683. The Balaban J connectivity index is 2.01. The maximum absolute atomic E-state index is 11.0. The number of halogens is 1. The molecule has 6 heteroatoms. The van der Waals surface area contributed by atoms with Crippen molar-refractivity contribution in [1.29, 1.82) is 0 Å². The summed E-state index contributed by atoms with van der Waals surface area (Å²) in [5.41, 5.74) is 1.84. The van der Waals surface area contributed by atoms with Crippen molar-refractivity contribution in [2.45, 2.75) is 44.9 Å². The van der Waals surface area contributed by atoms with E-state index in [1.807, 2.05) is 18.2 Å². The third-order valence-electron chi connectivity index (χ3n) is 3.77. The molecule has 1 aliphatic heterocycles. The van der Waals surface area contributed by atoms with E-state index in [0.717, 1.165) is 29.8 Å². The van der Waals surface area contributed by atoms with Crippen LogP contribution in [0.1, 0.15) is 38.1 Å². The van der Waals surface area contributed by atoms with E-state index in [1.54, 1.807) is 0 Å². The molecule has 3 rings (SSSR count). The number of benzene rings is 1. The number of carboxylic acid groups (broad SMARTS) is 1. The monoisotopic (exact) mass is 308 g/mol. The van der Waals surface area contributed by atoms with Crippen molar-refractivity contribution in [1.82, 2.24) is 9.55 Å². The fourth-order valence-corrected chi connectivity index (χ4v) is 3.00. The molecular weight excluding hydrogens is 292 g/mol. The van der Waals surface area contributed by atoms with Gasteiger partial charge in [0.1, 0.15) is 11.9 Å². The van der Waals surface area contributed by atoms with E-state index in [9.17, 15) is 4.79 Å². The first kappa shape index (κ1) is 14.4. The van der Waals surface area contributed by atoms with E-state index in [-0.39, 0.29) is 6.10 Å². The number of hydrogen-bond donors (Lipinski definition) is 1. The molecule has 1 N–H and O–H groups in total. The zero-order valence-corrected chi connectivity index (χ0v) is 12.5.